The number of hydrogen-bond acceptors (Lipinski definition) is 4. The van der Waals surface area contributed by atoms with Crippen molar-refractivity contribution in [1.82, 2.24) is 5.32 Å². The molecule has 17 heavy (non-hydrogen) atoms. The van der Waals surface area contributed by atoms with Crippen LogP contribution in [0.1, 0.15) is 12.5 Å². The van der Waals surface area contributed by atoms with Crippen molar-refractivity contribution in [3.05, 3.63) is 35.9 Å². The molecule has 0 spiro atoms. The smallest absolute Gasteiger partial charge is 0.772 e. The van der Waals surface area contributed by atoms with E-state index >= 15 is 0 Å². The van der Waals surface area contributed by atoms with Crippen LogP contribution in [-0.4, -0.2) is 12.3 Å². The second kappa shape index (κ2) is 8.03. The van der Waals surface area contributed by atoms with Gasteiger partial charge in [0.15, 0.2) is 0 Å². The number of carbonyl (C=O) groups is 1. The Kier molecular flexibility index (Phi) is 7.96. The molecule has 0 saturated carbocycles. The molecule has 0 radical (unpaired) electrons. The molecule has 0 aliphatic heterocycles. The van der Waals surface area contributed by atoms with Gasteiger partial charge in [0.1, 0.15) is 0 Å². The van der Waals surface area contributed by atoms with E-state index in [4.69, 9.17) is 0 Å². The molecule has 0 fully saturated rings. The van der Waals surface area contributed by atoms with Crippen molar-refractivity contribution in [2.24, 2.45) is 0 Å². The molecule has 1 aromatic rings. The van der Waals surface area contributed by atoms with E-state index in [1.807, 2.05) is 6.07 Å². The SMILES string of the molecule is CCOP(=O)([O-])C(=O)NCc1ccccc1.[Na+]. The molecular formula is C10H13NNaO4P. The van der Waals surface area contributed by atoms with E-state index in [0.717, 1.165) is 5.56 Å². The molecule has 0 bridgehead atoms. The van der Waals surface area contributed by atoms with E-state index < -0.39 is 13.2 Å². The molecule has 0 saturated heterocycles. The monoisotopic (exact) mass is 265 g/mol. The van der Waals surface area contributed by atoms with Gasteiger partial charge in [-0.2, -0.15) is 0 Å². The maximum absolute atomic E-state index is 11.2. The van der Waals surface area contributed by atoms with Gasteiger partial charge in [-0.15, -0.1) is 0 Å². The van der Waals surface area contributed by atoms with Crippen LogP contribution in [0.2, 0.25) is 0 Å². The van der Waals surface area contributed by atoms with Crippen LogP contribution in [0, 0.1) is 0 Å². The van der Waals surface area contributed by atoms with Crippen LogP contribution in [0.25, 0.3) is 0 Å². The summed E-state index contributed by atoms with van der Waals surface area (Å²) < 4.78 is 15.5. The molecule has 0 aliphatic carbocycles. The molecule has 1 atom stereocenters. The Morgan fingerprint density at radius 1 is 1.41 bits per heavy atom. The molecule has 1 aromatic carbocycles. The van der Waals surface area contributed by atoms with Crippen molar-refractivity contribution in [3.8, 4) is 0 Å². The quantitative estimate of drug-likeness (QED) is 0.518. The summed E-state index contributed by atoms with van der Waals surface area (Å²) in [5.41, 5.74) is -0.259. The van der Waals surface area contributed by atoms with Crippen molar-refractivity contribution in [2.75, 3.05) is 6.61 Å². The third-order valence-electron chi connectivity index (χ3n) is 1.83. The topological polar surface area (TPSA) is 78.5 Å². The van der Waals surface area contributed by atoms with Gasteiger partial charge in [-0.1, -0.05) is 30.3 Å². The number of benzene rings is 1. The summed E-state index contributed by atoms with van der Waals surface area (Å²) in [4.78, 5) is 22.4. The Balaban J connectivity index is 0.00000256. The minimum Gasteiger partial charge on any atom is -0.772 e. The molecule has 1 N–H and O–H groups in total. The molecule has 88 valence electrons. The van der Waals surface area contributed by atoms with Crippen LogP contribution in [-0.2, 0) is 15.6 Å². The second-order valence-electron chi connectivity index (χ2n) is 3.06. The number of hydrogen-bond donors (Lipinski definition) is 1. The first-order valence-corrected chi connectivity index (χ1v) is 6.38. The van der Waals surface area contributed by atoms with E-state index in [0.29, 0.717) is 0 Å². The Morgan fingerprint density at radius 3 is 2.53 bits per heavy atom. The maximum Gasteiger partial charge on any atom is 1.00 e. The van der Waals surface area contributed by atoms with Gasteiger partial charge in [-0.05, 0) is 12.5 Å². The molecule has 1 rings (SSSR count). The van der Waals surface area contributed by atoms with Gasteiger partial charge >= 0.3 is 29.6 Å². The van der Waals surface area contributed by atoms with E-state index in [1.165, 1.54) is 6.92 Å². The summed E-state index contributed by atoms with van der Waals surface area (Å²) in [6, 6.07) is 9.03. The predicted molar refractivity (Wildman–Crippen MR) is 57.9 cm³/mol. The molecule has 0 heterocycles. The minimum atomic E-state index is -4.42. The molecule has 0 aromatic heterocycles. The molecule has 1 unspecified atom stereocenters. The summed E-state index contributed by atoms with van der Waals surface area (Å²) in [7, 11) is -4.42. The number of carbonyl (C=O) groups excluding carboxylic acids is 1. The zero-order valence-electron chi connectivity index (χ0n) is 9.88. The van der Waals surface area contributed by atoms with Gasteiger partial charge in [0.2, 0.25) is 7.60 Å². The van der Waals surface area contributed by atoms with Crippen molar-refractivity contribution >= 4 is 13.2 Å². The van der Waals surface area contributed by atoms with E-state index in [1.54, 1.807) is 24.3 Å². The summed E-state index contributed by atoms with van der Waals surface area (Å²) in [5, 5.41) is 2.28. The average Bonchev–Trinajstić information content (AvgIpc) is 2.27. The van der Waals surface area contributed by atoms with Crippen LogP contribution in [0.3, 0.4) is 0 Å². The first kappa shape index (κ1) is 16.8. The molecule has 7 heteroatoms. The van der Waals surface area contributed by atoms with Crippen molar-refractivity contribution in [2.45, 2.75) is 13.5 Å². The van der Waals surface area contributed by atoms with Gasteiger partial charge in [-0.3, -0.25) is 9.36 Å². The normalized spacial score (nSPS) is 13.3. The summed E-state index contributed by atoms with van der Waals surface area (Å²) in [5.74, 6) is 0. The third kappa shape index (κ3) is 5.82. The van der Waals surface area contributed by atoms with E-state index in [2.05, 4.69) is 9.84 Å². The van der Waals surface area contributed by atoms with Crippen molar-refractivity contribution in [1.29, 1.82) is 0 Å². The largest absolute Gasteiger partial charge is 1.00 e. The Morgan fingerprint density at radius 2 is 2.00 bits per heavy atom. The van der Waals surface area contributed by atoms with Gasteiger partial charge in [-0.25, -0.2) is 0 Å². The number of rotatable bonds is 5. The summed E-state index contributed by atoms with van der Waals surface area (Å²) in [6.07, 6.45) is 0. The van der Waals surface area contributed by atoms with E-state index in [9.17, 15) is 14.3 Å². The molecule has 5 nitrogen and oxygen atoms in total. The Labute approximate surface area is 122 Å². The van der Waals surface area contributed by atoms with Crippen LogP contribution < -0.4 is 39.8 Å². The fourth-order valence-corrected chi connectivity index (χ4v) is 1.83. The van der Waals surface area contributed by atoms with Crippen molar-refractivity contribution < 1.29 is 48.3 Å². The fourth-order valence-electron chi connectivity index (χ4n) is 1.10. The molecular weight excluding hydrogens is 252 g/mol. The molecule has 0 aliphatic rings. The van der Waals surface area contributed by atoms with Crippen LogP contribution in [0.5, 0.6) is 0 Å². The standard InChI is InChI=1S/C10H14NO4P.Na/c1-2-15-16(13,14)10(12)11-8-9-6-4-3-5-7-9;/h3-7H,2,8H2,1H3,(H,11,12)(H,13,14);/q;+1/p-1. The zero-order chi connectivity index (χ0) is 12.0. The molecule has 1 amide bonds. The number of nitrogens with one attached hydrogen (secondary N) is 1. The van der Waals surface area contributed by atoms with Crippen LogP contribution in [0.4, 0.5) is 4.79 Å². The average molecular weight is 265 g/mol. The van der Waals surface area contributed by atoms with Gasteiger partial charge in [0.05, 0.1) is 6.61 Å². The zero-order valence-corrected chi connectivity index (χ0v) is 12.8. The van der Waals surface area contributed by atoms with Gasteiger partial charge < -0.3 is 14.7 Å². The second-order valence-corrected chi connectivity index (χ2v) is 4.72. The fraction of sp³-hybridized carbons (Fsp3) is 0.300. The van der Waals surface area contributed by atoms with Gasteiger partial charge in [0.25, 0.3) is 5.65 Å². The van der Waals surface area contributed by atoms with Crippen LogP contribution in [0.15, 0.2) is 30.3 Å². The van der Waals surface area contributed by atoms with Gasteiger partial charge in [0, 0.05) is 6.54 Å². The maximum atomic E-state index is 11.2. The third-order valence-corrected chi connectivity index (χ3v) is 3.09. The number of amides is 1. The Bertz CT molecular complexity index is 399. The first-order chi connectivity index (χ1) is 7.56. The summed E-state index contributed by atoms with van der Waals surface area (Å²) >= 11 is 0. The van der Waals surface area contributed by atoms with Crippen LogP contribution >= 0.6 is 7.60 Å². The van der Waals surface area contributed by atoms with E-state index in [-0.39, 0.29) is 42.7 Å². The minimum absolute atomic E-state index is 0. The first-order valence-electron chi connectivity index (χ1n) is 4.84. The van der Waals surface area contributed by atoms with Crippen molar-refractivity contribution in [3.63, 3.8) is 0 Å². The Hall–Kier alpha value is -0.160. The predicted octanol–water partition coefficient (Wildman–Crippen LogP) is -1.51. The summed E-state index contributed by atoms with van der Waals surface area (Å²) in [6.45, 7) is 1.63.